The van der Waals surface area contributed by atoms with Crippen molar-refractivity contribution in [3.63, 3.8) is 0 Å². The van der Waals surface area contributed by atoms with Crippen LogP contribution in [0, 0.1) is 10.1 Å². The number of nitro groups is 1. The monoisotopic (exact) mass is 304 g/mol. The molecule has 0 fully saturated rings. The molecule has 1 heterocycles. The second-order valence-electron chi connectivity index (χ2n) is 3.69. The molecule has 1 aromatic heterocycles. The number of carbonyl (C=O) groups is 1. The van der Waals surface area contributed by atoms with Gasteiger partial charge in [-0.05, 0) is 22.0 Å². The van der Waals surface area contributed by atoms with Crippen molar-refractivity contribution in [2.75, 3.05) is 20.0 Å². The van der Waals surface area contributed by atoms with E-state index in [1.165, 1.54) is 19.2 Å². The maximum atomic E-state index is 11.7. The van der Waals surface area contributed by atoms with Gasteiger partial charge in [-0.25, -0.2) is 8.42 Å². The third-order valence-corrected chi connectivity index (χ3v) is 3.63. The highest BCUT2D eigenvalue weighted by molar-refractivity contribution is 7.91. The first kappa shape index (κ1) is 15.8. The summed E-state index contributed by atoms with van der Waals surface area (Å²) < 4.78 is 32.3. The van der Waals surface area contributed by atoms with Crippen LogP contribution in [0.25, 0.3) is 0 Å². The fourth-order valence-corrected chi connectivity index (χ4v) is 2.55. The van der Waals surface area contributed by atoms with Crippen molar-refractivity contribution in [3.8, 4) is 5.75 Å². The van der Waals surface area contributed by atoms with Crippen molar-refractivity contribution in [2.24, 2.45) is 0 Å². The van der Waals surface area contributed by atoms with Crippen LogP contribution in [0.3, 0.4) is 0 Å². The second-order valence-corrected chi connectivity index (χ2v) is 5.76. The lowest BCUT2D eigenvalue weighted by Gasteiger charge is -2.03. The largest absolute Gasteiger partial charge is 0.489 e. The normalized spacial score (nSPS) is 10.9. The van der Waals surface area contributed by atoms with Gasteiger partial charge in [-0.15, -0.1) is 0 Å². The third-order valence-electron chi connectivity index (χ3n) is 2.22. The summed E-state index contributed by atoms with van der Waals surface area (Å²) in [6.07, 6.45) is 0. The number of ether oxygens (including phenoxy) is 2. The number of sulfone groups is 1. The van der Waals surface area contributed by atoms with E-state index in [0.717, 1.165) is 7.11 Å². The summed E-state index contributed by atoms with van der Waals surface area (Å²) in [5.74, 6) is -2.99. The van der Waals surface area contributed by atoms with Gasteiger partial charge in [0.05, 0.1) is 14.2 Å². The lowest BCUT2D eigenvalue weighted by Crippen LogP contribution is -2.19. The van der Waals surface area contributed by atoms with Crippen molar-refractivity contribution < 1.29 is 27.6 Å². The fourth-order valence-electron chi connectivity index (χ4n) is 1.36. The lowest BCUT2D eigenvalue weighted by molar-refractivity contribution is -0.390. The Morgan fingerprint density at radius 3 is 2.55 bits per heavy atom. The molecule has 0 amide bonds. The zero-order chi connectivity index (χ0) is 15.3. The number of hydrogen-bond donors (Lipinski definition) is 0. The van der Waals surface area contributed by atoms with Crippen molar-refractivity contribution in [1.29, 1.82) is 0 Å². The summed E-state index contributed by atoms with van der Waals surface area (Å²) in [6, 6.07) is 2.52. The molecule has 0 unspecified atom stereocenters. The predicted octanol–water partition coefficient (Wildman–Crippen LogP) is 0.0862. The van der Waals surface area contributed by atoms with Gasteiger partial charge < -0.3 is 19.6 Å². The molecule has 10 heteroatoms. The summed E-state index contributed by atoms with van der Waals surface area (Å²) in [7, 11) is -1.51. The fraction of sp³-hybridized carbons (Fsp3) is 0.400. The molecular weight excluding hydrogens is 292 g/mol. The first-order valence-corrected chi connectivity index (χ1v) is 7.06. The Morgan fingerprint density at radius 1 is 1.40 bits per heavy atom. The minimum atomic E-state index is -3.81. The summed E-state index contributed by atoms with van der Waals surface area (Å²) in [5, 5.41) is 10.8. The highest BCUT2D eigenvalue weighted by atomic mass is 32.2. The zero-order valence-electron chi connectivity index (χ0n) is 10.7. The summed E-state index contributed by atoms with van der Waals surface area (Å²) in [4.78, 5) is 24.5. The minimum absolute atomic E-state index is 0.0543. The molecule has 0 saturated carbocycles. The molecule has 20 heavy (non-hydrogen) atoms. The first-order valence-electron chi connectivity index (χ1n) is 5.24. The summed E-state index contributed by atoms with van der Waals surface area (Å²) in [6.45, 7) is 0. The van der Waals surface area contributed by atoms with E-state index >= 15 is 0 Å². The molecule has 110 valence electrons. The summed E-state index contributed by atoms with van der Waals surface area (Å²) in [5.41, 5.74) is -0.0543. The van der Waals surface area contributed by atoms with E-state index in [1.54, 1.807) is 0 Å². The van der Waals surface area contributed by atoms with E-state index in [2.05, 4.69) is 9.72 Å². The third kappa shape index (κ3) is 4.16. The molecule has 0 spiro atoms. The Kier molecular flexibility index (Phi) is 4.97. The number of rotatable bonds is 6. The molecule has 1 rings (SSSR count). The quantitative estimate of drug-likeness (QED) is 0.411. The average Bonchev–Trinajstić information content (AvgIpc) is 2.37. The van der Waals surface area contributed by atoms with E-state index in [9.17, 15) is 23.3 Å². The summed E-state index contributed by atoms with van der Waals surface area (Å²) >= 11 is 0. The van der Waals surface area contributed by atoms with E-state index < -0.39 is 38.1 Å². The molecule has 0 aliphatic heterocycles. The highest BCUT2D eigenvalue weighted by Gasteiger charge is 2.24. The molecule has 0 atom stereocenters. The maximum Gasteiger partial charge on any atom is 0.406 e. The average molecular weight is 304 g/mol. The van der Waals surface area contributed by atoms with Crippen LogP contribution in [-0.4, -0.2) is 44.3 Å². The van der Waals surface area contributed by atoms with Crippen LogP contribution in [0.5, 0.6) is 5.75 Å². The molecule has 0 bridgehead atoms. The molecule has 0 aliphatic carbocycles. The van der Waals surface area contributed by atoms with E-state index in [0.29, 0.717) is 0 Å². The van der Waals surface area contributed by atoms with E-state index in [-0.39, 0.29) is 11.4 Å². The number of carbonyl (C=O) groups excluding carboxylic acids is 1. The topological polar surface area (TPSA) is 126 Å². The molecule has 0 saturated heterocycles. The van der Waals surface area contributed by atoms with Gasteiger partial charge in [0.2, 0.25) is 5.75 Å². The first-order chi connectivity index (χ1) is 9.29. The minimum Gasteiger partial charge on any atom is -0.489 e. The highest BCUT2D eigenvalue weighted by Crippen LogP contribution is 2.24. The van der Waals surface area contributed by atoms with Crippen molar-refractivity contribution in [1.82, 2.24) is 4.98 Å². The molecule has 0 aliphatic rings. The van der Waals surface area contributed by atoms with Gasteiger partial charge in [-0.1, -0.05) is 0 Å². The SMILES string of the molecule is COC(=O)CS(=O)(=O)Cc1ccc(OC)c([N+](=O)[O-])n1. The molecule has 0 radical (unpaired) electrons. The van der Waals surface area contributed by atoms with Crippen molar-refractivity contribution in [3.05, 3.63) is 27.9 Å². The van der Waals surface area contributed by atoms with Gasteiger partial charge in [0, 0.05) is 0 Å². The number of nitrogens with zero attached hydrogens (tertiary/aromatic N) is 2. The number of aromatic nitrogens is 1. The number of esters is 1. The Labute approximate surface area is 114 Å². The Bertz CT molecular complexity index is 626. The molecule has 1 aromatic rings. The number of methoxy groups -OCH3 is 2. The molecule has 0 N–H and O–H groups in total. The lowest BCUT2D eigenvalue weighted by atomic mass is 10.3. The van der Waals surface area contributed by atoms with Crippen LogP contribution < -0.4 is 4.74 Å². The van der Waals surface area contributed by atoms with Crippen LogP contribution in [0.1, 0.15) is 5.69 Å². The van der Waals surface area contributed by atoms with Crippen LogP contribution in [0.15, 0.2) is 12.1 Å². The second kappa shape index (κ2) is 6.28. The standard InChI is InChI=1S/C10H12N2O7S/c1-18-8-4-3-7(11-10(8)12(14)15)5-20(16,17)6-9(13)19-2/h3-4H,5-6H2,1-2H3. The molecule has 9 nitrogen and oxygen atoms in total. The number of hydrogen-bond acceptors (Lipinski definition) is 8. The van der Waals surface area contributed by atoms with Gasteiger partial charge in [0.25, 0.3) is 0 Å². The van der Waals surface area contributed by atoms with E-state index in [1.807, 2.05) is 0 Å². The van der Waals surface area contributed by atoms with Gasteiger partial charge in [0.15, 0.2) is 15.5 Å². The van der Waals surface area contributed by atoms with Gasteiger partial charge in [-0.2, -0.15) is 0 Å². The Hall–Kier alpha value is -2.23. The van der Waals surface area contributed by atoms with Crippen LogP contribution in [-0.2, 0) is 25.1 Å². The van der Waals surface area contributed by atoms with Crippen molar-refractivity contribution in [2.45, 2.75) is 5.75 Å². The predicted molar refractivity (Wildman–Crippen MR) is 67.0 cm³/mol. The smallest absolute Gasteiger partial charge is 0.406 e. The van der Waals surface area contributed by atoms with Gasteiger partial charge >= 0.3 is 11.8 Å². The van der Waals surface area contributed by atoms with Gasteiger partial charge in [0.1, 0.15) is 11.5 Å². The zero-order valence-corrected chi connectivity index (χ0v) is 11.5. The number of pyridine rings is 1. The van der Waals surface area contributed by atoms with Crippen molar-refractivity contribution >= 4 is 21.6 Å². The Morgan fingerprint density at radius 2 is 2.05 bits per heavy atom. The van der Waals surface area contributed by atoms with Crippen LogP contribution >= 0.6 is 0 Å². The van der Waals surface area contributed by atoms with Crippen LogP contribution in [0.2, 0.25) is 0 Å². The van der Waals surface area contributed by atoms with E-state index in [4.69, 9.17) is 4.74 Å². The Balaban J connectivity index is 3.02. The van der Waals surface area contributed by atoms with Crippen LogP contribution in [0.4, 0.5) is 5.82 Å². The van der Waals surface area contributed by atoms with Gasteiger partial charge in [-0.3, -0.25) is 4.79 Å². The maximum absolute atomic E-state index is 11.7. The molecular formula is C10H12N2O7S. The molecule has 0 aromatic carbocycles.